The summed E-state index contributed by atoms with van der Waals surface area (Å²) >= 11 is 1.61. The Morgan fingerprint density at radius 1 is 1.26 bits per heavy atom. The maximum absolute atomic E-state index is 14.4. The molecule has 134 valence electrons. The quantitative estimate of drug-likeness (QED) is 0.545. The largest absolute Gasteiger partial charge is 0.348 e. The molecule has 4 rings (SSSR count). The molecule has 0 bridgehead atoms. The number of thiophene rings is 1. The van der Waals surface area contributed by atoms with Gasteiger partial charge in [0.25, 0.3) is 5.91 Å². The molecule has 0 fully saturated rings. The molecule has 0 aliphatic heterocycles. The van der Waals surface area contributed by atoms with Crippen molar-refractivity contribution in [3.63, 3.8) is 0 Å². The molecule has 3 aromatic heterocycles. The van der Waals surface area contributed by atoms with Gasteiger partial charge in [0, 0.05) is 35.3 Å². The minimum atomic E-state index is -0.594. The number of aromatic amines is 1. The van der Waals surface area contributed by atoms with Crippen LogP contribution in [0.25, 0.3) is 23.1 Å². The van der Waals surface area contributed by atoms with Crippen molar-refractivity contribution in [2.45, 2.75) is 6.54 Å². The number of carbonyl (C=O) groups excluding carboxylic acids is 1. The highest BCUT2D eigenvalue weighted by Gasteiger charge is 2.15. The van der Waals surface area contributed by atoms with Gasteiger partial charge in [0.2, 0.25) is 0 Å². The maximum Gasteiger partial charge on any atom is 0.254 e. The molecule has 3 heterocycles. The summed E-state index contributed by atoms with van der Waals surface area (Å²) in [4.78, 5) is 17.5. The first-order chi connectivity index (χ1) is 13.2. The van der Waals surface area contributed by atoms with Crippen LogP contribution in [0.2, 0.25) is 0 Å². The summed E-state index contributed by atoms with van der Waals surface area (Å²) in [6.07, 6.45) is 7.10. The van der Waals surface area contributed by atoms with Crippen LogP contribution >= 0.6 is 11.3 Å². The highest BCUT2D eigenvalue weighted by atomic mass is 32.1. The zero-order valence-corrected chi connectivity index (χ0v) is 15.0. The van der Waals surface area contributed by atoms with E-state index in [0.29, 0.717) is 16.6 Å². The van der Waals surface area contributed by atoms with Crippen LogP contribution < -0.4 is 5.32 Å². The first kappa shape index (κ1) is 17.1. The number of H-pyrrole nitrogens is 1. The Balaban J connectivity index is 1.59. The molecule has 4 aromatic rings. The SMILES string of the molecule is O=C(NCc1cccnc1)c1cc2c(/C=C/c3cccs3)n[nH]c2cc1F. The normalized spacial score (nSPS) is 11.3. The number of nitrogens with zero attached hydrogens (tertiary/aromatic N) is 2. The zero-order valence-electron chi connectivity index (χ0n) is 14.1. The molecule has 0 unspecified atom stereocenters. The van der Waals surface area contributed by atoms with Gasteiger partial charge < -0.3 is 5.32 Å². The minimum absolute atomic E-state index is 0.0152. The summed E-state index contributed by atoms with van der Waals surface area (Å²) in [6, 6.07) is 10.4. The van der Waals surface area contributed by atoms with E-state index in [4.69, 9.17) is 0 Å². The van der Waals surface area contributed by atoms with Crippen LogP contribution in [0.3, 0.4) is 0 Å². The summed E-state index contributed by atoms with van der Waals surface area (Å²) in [6.45, 7) is 0.278. The summed E-state index contributed by atoms with van der Waals surface area (Å²) in [7, 11) is 0. The molecule has 1 amide bonds. The number of rotatable bonds is 5. The van der Waals surface area contributed by atoms with E-state index >= 15 is 0 Å². The van der Waals surface area contributed by atoms with Gasteiger partial charge in [0.05, 0.1) is 16.8 Å². The fourth-order valence-electron chi connectivity index (χ4n) is 2.69. The molecule has 2 N–H and O–H groups in total. The molecule has 0 radical (unpaired) electrons. The second-order valence-electron chi connectivity index (χ2n) is 5.88. The summed E-state index contributed by atoms with van der Waals surface area (Å²) in [5, 5.41) is 12.4. The summed E-state index contributed by atoms with van der Waals surface area (Å²) in [5.41, 5.74) is 2.02. The van der Waals surface area contributed by atoms with E-state index in [2.05, 4.69) is 20.5 Å². The Bertz CT molecular complexity index is 1100. The van der Waals surface area contributed by atoms with E-state index in [9.17, 15) is 9.18 Å². The number of hydrogen-bond donors (Lipinski definition) is 2. The topological polar surface area (TPSA) is 70.7 Å². The minimum Gasteiger partial charge on any atom is -0.348 e. The number of benzene rings is 1. The van der Waals surface area contributed by atoms with Crippen LogP contribution in [-0.2, 0) is 6.54 Å². The van der Waals surface area contributed by atoms with E-state index in [1.807, 2.05) is 35.7 Å². The summed E-state index contributed by atoms with van der Waals surface area (Å²) in [5.74, 6) is -1.07. The van der Waals surface area contributed by atoms with Gasteiger partial charge in [-0.2, -0.15) is 5.10 Å². The van der Waals surface area contributed by atoms with Crippen LogP contribution in [0.5, 0.6) is 0 Å². The smallest absolute Gasteiger partial charge is 0.254 e. The molecule has 0 aliphatic carbocycles. The van der Waals surface area contributed by atoms with Crippen LogP contribution in [0.15, 0.2) is 54.2 Å². The van der Waals surface area contributed by atoms with Crippen molar-refractivity contribution < 1.29 is 9.18 Å². The standard InChI is InChI=1S/C20H15FN4OS/c21-17-10-19-16(18(24-25-19)6-5-14-4-2-8-27-14)9-15(17)20(26)23-12-13-3-1-7-22-11-13/h1-11H,12H2,(H,23,26)(H,24,25)/b6-5+. The van der Waals surface area contributed by atoms with Gasteiger partial charge in [0.1, 0.15) is 5.82 Å². The third-order valence-electron chi connectivity index (χ3n) is 4.05. The van der Waals surface area contributed by atoms with Gasteiger partial charge in [-0.25, -0.2) is 4.39 Å². The van der Waals surface area contributed by atoms with Crippen molar-refractivity contribution in [3.05, 3.63) is 81.7 Å². The third kappa shape index (κ3) is 3.78. The third-order valence-corrected chi connectivity index (χ3v) is 4.89. The Hall–Kier alpha value is -3.32. The van der Waals surface area contributed by atoms with Gasteiger partial charge in [-0.3, -0.25) is 14.9 Å². The fraction of sp³-hybridized carbons (Fsp3) is 0.0500. The van der Waals surface area contributed by atoms with Crippen molar-refractivity contribution in [2.75, 3.05) is 0 Å². The van der Waals surface area contributed by atoms with Crippen LogP contribution in [-0.4, -0.2) is 21.1 Å². The number of halogens is 1. The Kier molecular flexibility index (Phi) is 4.76. The highest BCUT2D eigenvalue weighted by molar-refractivity contribution is 7.10. The zero-order chi connectivity index (χ0) is 18.6. The first-order valence-corrected chi connectivity index (χ1v) is 9.15. The van der Waals surface area contributed by atoms with Crippen LogP contribution in [0.4, 0.5) is 4.39 Å². The number of fused-ring (bicyclic) bond motifs is 1. The van der Waals surface area contributed by atoms with E-state index in [1.54, 1.807) is 29.8 Å². The number of aromatic nitrogens is 3. The lowest BCUT2D eigenvalue weighted by atomic mass is 10.1. The molecule has 0 atom stereocenters. The molecule has 0 spiro atoms. The number of pyridine rings is 1. The van der Waals surface area contributed by atoms with Crippen molar-refractivity contribution >= 4 is 40.3 Å². The molecule has 0 aliphatic rings. The predicted octanol–water partition coefficient (Wildman–Crippen LogP) is 4.26. The van der Waals surface area contributed by atoms with Crippen molar-refractivity contribution in [1.29, 1.82) is 0 Å². The molecular weight excluding hydrogens is 363 g/mol. The molecule has 0 saturated carbocycles. The molecule has 27 heavy (non-hydrogen) atoms. The summed E-state index contributed by atoms with van der Waals surface area (Å²) < 4.78 is 14.4. The Morgan fingerprint density at radius 3 is 2.96 bits per heavy atom. The van der Waals surface area contributed by atoms with Crippen LogP contribution in [0, 0.1) is 5.82 Å². The molecule has 7 heteroatoms. The van der Waals surface area contributed by atoms with E-state index in [0.717, 1.165) is 10.4 Å². The van der Waals surface area contributed by atoms with E-state index in [-0.39, 0.29) is 12.1 Å². The predicted molar refractivity (Wildman–Crippen MR) is 105 cm³/mol. The van der Waals surface area contributed by atoms with E-state index in [1.165, 1.54) is 12.1 Å². The molecule has 1 aromatic carbocycles. The number of amides is 1. The monoisotopic (exact) mass is 378 g/mol. The van der Waals surface area contributed by atoms with Crippen LogP contribution in [0.1, 0.15) is 26.5 Å². The van der Waals surface area contributed by atoms with Crippen molar-refractivity contribution in [3.8, 4) is 0 Å². The fourth-order valence-corrected chi connectivity index (χ4v) is 3.30. The molecular formula is C20H15FN4OS. The first-order valence-electron chi connectivity index (χ1n) is 8.27. The average Bonchev–Trinajstić information content (AvgIpc) is 3.34. The van der Waals surface area contributed by atoms with Gasteiger partial charge in [0.15, 0.2) is 0 Å². The van der Waals surface area contributed by atoms with E-state index < -0.39 is 11.7 Å². The second-order valence-corrected chi connectivity index (χ2v) is 6.86. The van der Waals surface area contributed by atoms with Crippen molar-refractivity contribution in [1.82, 2.24) is 20.5 Å². The van der Waals surface area contributed by atoms with Gasteiger partial charge in [-0.15, -0.1) is 11.3 Å². The highest BCUT2D eigenvalue weighted by Crippen LogP contribution is 2.23. The average molecular weight is 378 g/mol. The lowest BCUT2D eigenvalue weighted by Crippen LogP contribution is -2.23. The number of hydrogen-bond acceptors (Lipinski definition) is 4. The van der Waals surface area contributed by atoms with Gasteiger partial charge >= 0.3 is 0 Å². The van der Waals surface area contributed by atoms with Crippen molar-refractivity contribution in [2.24, 2.45) is 0 Å². The van der Waals surface area contributed by atoms with Gasteiger partial charge in [-0.1, -0.05) is 12.1 Å². The Morgan fingerprint density at radius 2 is 2.19 bits per heavy atom. The lowest BCUT2D eigenvalue weighted by molar-refractivity contribution is 0.0947. The molecule has 5 nitrogen and oxygen atoms in total. The van der Waals surface area contributed by atoms with Gasteiger partial charge in [-0.05, 0) is 41.3 Å². The molecule has 0 saturated heterocycles. The lowest BCUT2D eigenvalue weighted by Gasteiger charge is -2.06. The number of nitrogens with one attached hydrogen (secondary N) is 2. The maximum atomic E-state index is 14.4. The Labute approximate surface area is 158 Å². The second kappa shape index (κ2) is 7.51. The number of carbonyl (C=O) groups is 1.